The number of hydrogen-bond acceptors (Lipinski definition) is 6. The fourth-order valence-electron chi connectivity index (χ4n) is 3.26. The molecular formula is C17H26N4O4. The molecule has 8 nitrogen and oxygen atoms in total. The standard InChI is InChI=1S/C17H26N4O4/c1-5-20-8-6-7-12(20)11-18-17(22)13-9-15(21(23)24)14(19(2)3)10-16(13)25-4/h9-10,12H,5-8,11H2,1-4H3,(H,18,22)/t12-/m0/s1. The van der Waals surface area contributed by atoms with Crippen LogP contribution in [-0.4, -0.2) is 62.6 Å². The Labute approximate surface area is 147 Å². The number of benzene rings is 1. The zero-order valence-corrected chi connectivity index (χ0v) is 15.2. The summed E-state index contributed by atoms with van der Waals surface area (Å²) in [7, 11) is 4.87. The lowest BCUT2D eigenvalue weighted by molar-refractivity contribution is -0.384. The summed E-state index contributed by atoms with van der Waals surface area (Å²) in [5.41, 5.74) is 0.458. The zero-order chi connectivity index (χ0) is 18.6. The number of carbonyl (C=O) groups is 1. The molecule has 1 amide bonds. The molecule has 1 aliphatic rings. The number of likely N-dealkylation sites (tertiary alicyclic amines) is 1. The van der Waals surface area contributed by atoms with Gasteiger partial charge < -0.3 is 15.0 Å². The third-order valence-electron chi connectivity index (χ3n) is 4.62. The van der Waals surface area contributed by atoms with Crippen LogP contribution in [0.3, 0.4) is 0 Å². The molecule has 1 aromatic rings. The molecule has 1 aliphatic heterocycles. The second-order valence-electron chi connectivity index (χ2n) is 6.33. The maximum absolute atomic E-state index is 12.6. The number of carbonyl (C=O) groups excluding carboxylic acids is 1. The summed E-state index contributed by atoms with van der Waals surface area (Å²) >= 11 is 0. The maximum Gasteiger partial charge on any atom is 0.293 e. The molecule has 0 spiro atoms. The monoisotopic (exact) mass is 350 g/mol. The molecule has 0 saturated carbocycles. The molecule has 138 valence electrons. The van der Waals surface area contributed by atoms with E-state index in [0.717, 1.165) is 25.9 Å². The van der Waals surface area contributed by atoms with Crippen LogP contribution in [0, 0.1) is 10.1 Å². The lowest BCUT2D eigenvalue weighted by Crippen LogP contribution is -2.40. The molecule has 1 heterocycles. The highest BCUT2D eigenvalue weighted by Crippen LogP contribution is 2.34. The van der Waals surface area contributed by atoms with E-state index in [1.807, 2.05) is 0 Å². The predicted octanol–water partition coefficient (Wildman–Crippen LogP) is 1.88. The number of nitro groups is 1. The van der Waals surface area contributed by atoms with Gasteiger partial charge in [-0.2, -0.15) is 0 Å². The minimum absolute atomic E-state index is 0.119. The molecular weight excluding hydrogens is 324 g/mol. The number of likely N-dealkylation sites (N-methyl/N-ethyl adjacent to an activating group) is 1. The fraction of sp³-hybridized carbons (Fsp3) is 0.588. The topological polar surface area (TPSA) is 88.0 Å². The fourth-order valence-corrected chi connectivity index (χ4v) is 3.26. The van der Waals surface area contributed by atoms with Crippen molar-refractivity contribution in [1.82, 2.24) is 10.2 Å². The van der Waals surface area contributed by atoms with Crippen molar-refractivity contribution in [2.24, 2.45) is 0 Å². The first kappa shape index (κ1) is 19.0. The Morgan fingerprint density at radius 1 is 1.48 bits per heavy atom. The molecule has 0 unspecified atom stereocenters. The Hall–Kier alpha value is -2.35. The van der Waals surface area contributed by atoms with Crippen LogP contribution in [0.5, 0.6) is 5.75 Å². The second-order valence-corrected chi connectivity index (χ2v) is 6.33. The number of rotatable bonds is 7. The van der Waals surface area contributed by atoms with E-state index in [1.54, 1.807) is 19.0 Å². The molecule has 1 aromatic carbocycles. The Balaban J connectivity index is 2.23. The molecule has 2 rings (SSSR count). The van der Waals surface area contributed by atoms with Gasteiger partial charge in [-0.3, -0.25) is 19.8 Å². The summed E-state index contributed by atoms with van der Waals surface area (Å²) in [6.07, 6.45) is 2.17. The Morgan fingerprint density at radius 2 is 2.20 bits per heavy atom. The lowest BCUT2D eigenvalue weighted by atomic mass is 10.1. The summed E-state index contributed by atoms with van der Waals surface area (Å²) in [6, 6.07) is 3.13. The molecule has 1 fully saturated rings. The van der Waals surface area contributed by atoms with Gasteiger partial charge in [0.05, 0.1) is 17.6 Å². The van der Waals surface area contributed by atoms with Gasteiger partial charge in [0.1, 0.15) is 11.4 Å². The summed E-state index contributed by atoms with van der Waals surface area (Å²) in [5.74, 6) is -0.0289. The van der Waals surface area contributed by atoms with Crippen molar-refractivity contribution in [3.63, 3.8) is 0 Å². The van der Waals surface area contributed by atoms with Crippen LogP contribution in [0.4, 0.5) is 11.4 Å². The van der Waals surface area contributed by atoms with E-state index < -0.39 is 4.92 Å². The Bertz CT molecular complexity index is 648. The minimum Gasteiger partial charge on any atom is -0.496 e. The predicted molar refractivity (Wildman–Crippen MR) is 96.6 cm³/mol. The zero-order valence-electron chi connectivity index (χ0n) is 15.2. The van der Waals surface area contributed by atoms with Crippen molar-refractivity contribution in [2.45, 2.75) is 25.8 Å². The number of nitro benzene ring substituents is 1. The summed E-state index contributed by atoms with van der Waals surface area (Å²) in [4.78, 5) is 27.4. The van der Waals surface area contributed by atoms with Crippen molar-refractivity contribution in [2.75, 3.05) is 45.7 Å². The van der Waals surface area contributed by atoms with Crippen LogP contribution in [-0.2, 0) is 0 Å². The number of nitrogens with one attached hydrogen (secondary N) is 1. The number of amides is 1. The number of methoxy groups -OCH3 is 1. The summed E-state index contributed by atoms with van der Waals surface area (Å²) < 4.78 is 5.29. The van der Waals surface area contributed by atoms with Crippen LogP contribution >= 0.6 is 0 Å². The first-order valence-electron chi connectivity index (χ1n) is 8.45. The normalized spacial score (nSPS) is 17.4. The van der Waals surface area contributed by atoms with Crippen molar-refractivity contribution < 1.29 is 14.5 Å². The quantitative estimate of drug-likeness (QED) is 0.597. The average molecular weight is 350 g/mol. The molecule has 8 heteroatoms. The molecule has 25 heavy (non-hydrogen) atoms. The van der Waals surface area contributed by atoms with Gasteiger partial charge in [-0.15, -0.1) is 0 Å². The SMILES string of the molecule is CCN1CCC[C@H]1CNC(=O)c1cc([N+](=O)[O-])c(N(C)C)cc1OC. The second kappa shape index (κ2) is 8.15. The highest BCUT2D eigenvalue weighted by molar-refractivity contribution is 5.98. The van der Waals surface area contributed by atoms with Gasteiger partial charge in [-0.25, -0.2) is 0 Å². The van der Waals surface area contributed by atoms with Crippen molar-refractivity contribution in [3.8, 4) is 5.75 Å². The Kier molecular flexibility index (Phi) is 6.19. The van der Waals surface area contributed by atoms with Crippen LogP contribution in [0.1, 0.15) is 30.1 Å². The van der Waals surface area contributed by atoms with Crippen molar-refractivity contribution in [3.05, 3.63) is 27.8 Å². The van der Waals surface area contributed by atoms with Gasteiger partial charge in [0.15, 0.2) is 0 Å². The van der Waals surface area contributed by atoms with E-state index in [1.165, 1.54) is 19.2 Å². The molecule has 0 aliphatic carbocycles. The van der Waals surface area contributed by atoms with E-state index in [9.17, 15) is 14.9 Å². The highest BCUT2D eigenvalue weighted by Gasteiger charge is 2.26. The molecule has 0 bridgehead atoms. The van der Waals surface area contributed by atoms with Gasteiger partial charge in [0, 0.05) is 38.8 Å². The first-order valence-corrected chi connectivity index (χ1v) is 8.45. The van der Waals surface area contributed by atoms with Gasteiger partial charge in [0.25, 0.3) is 11.6 Å². The first-order chi connectivity index (χ1) is 11.9. The third-order valence-corrected chi connectivity index (χ3v) is 4.62. The van der Waals surface area contributed by atoms with E-state index in [-0.39, 0.29) is 17.2 Å². The minimum atomic E-state index is -0.485. The average Bonchev–Trinajstić information content (AvgIpc) is 3.05. The van der Waals surface area contributed by atoms with Gasteiger partial charge >= 0.3 is 0 Å². The molecule has 1 atom stereocenters. The van der Waals surface area contributed by atoms with Crippen LogP contribution < -0.4 is 15.0 Å². The molecule has 1 saturated heterocycles. The van der Waals surface area contributed by atoms with E-state index in [2.05, 4.69) is 17.1 Å². The van der Waals surface area contributed by atoms with Crippen LogP contribution in [0.25, 0.3) is 0 Å². The van der Waals surface area contributed by atoms with Crippen molar-refractivity contribution >= 4 is 17.3 Å². The number of anilines is 1. The molecule has 1 N–H and O–H groups in total. The van der Waals surface area contributed by atoms with E-state index >= 15 is 0 Å². The number of ether oxygens (including phenoxy) is 1. The van der Waals surface area contributed by atoms with Gasteiger partial charge in [-0.1, -0.05) is 6.92 Å². The smallest absolute Gasteiger partial charge is 0.293 e. The maximum atomic E-state index is 12.6. The largest absolute Gasteiger partial charge is 0.496 e. The Morgan fingerprint density at radius 3 is 2.76 bits per heavy atom. The van der Waals surface area contributed by atoms with Crippen molar-refractivity contribution in [1.29, 1.82) is 0 Å². The van der Waals surface area contributed by atoms with Crippen LogP contribution in [0.2, 0.25) is 0 Å². The van der Waals surface area contributed by atoms with E-state index in [4.69, 9.17) is 4.74 Å². The van der Waals surface area contributed by atoms with E-state index in [0.29, 0.717) is 24.0 Å². The number of nitrogens with zero attached hydrogens (tertiary/aromatic N) is 3. The highest BCUT2D eigenvalue weighted by atomic mass is 16.6. The molecule has 0 aromatic heterocycles. The third kappa shape index (κ3) is 4.19. The van der Waals surface area contributed by atoms with Gasteiger partial charge in [-0.05, 0) is 25.9 Å². The lowest BCUT2D eigenvalue weighted by Gasteiger charge is -2.23. The van der Waals surface area contributed by atoms with Crippen LogP contribution in [0.15, 0.2) is 12.1 Å². The summed E-state index contributed by atoms with van der Waals surface area (Å²) in [5, 5.41) is 14.2. The van der Waals surface area contributed by atoms with Gasteiger partial charge in [0.2, 0.25) is 0 Å². The summed E-state index contributed by atoms with van der Waals surface area (Å²) in [6.45, 7) is 4.63. The molecule has 0 radical (unpaired) electrons. The number of hydrogen-bond donors (Lipinski definition) is 1.